The highest BCUT2D eigenvalue weighted by Crippen LogP contribution is 2.13. The Labute approximate surface area is 138 Å². The van der Waals surface area contributed by atoms with E-state index in [1.807, 2.05) is 0 Å². The van der Waals surface area contributed by atoms with Gasteiger partial charge in [-0.25, -0.2) is 0 Å². The largest absolute Gasteiger partial charge is 0.379 e. The zero-order chi connectivity index (χ0) is 15.7. The van der Waals surface area contributed by atoms with Gasteiger partial charge in [0, 0.05) is 6.61 Å². The van der Waals surface area contributed by atoms with E-state index < -0.39 is 0 Å². The Kier molecular flexibility index (Phi) is 13.2. The summed E-state index contributed by atoms with van der Waals surface area (Å²) in [4.78, 5) is 0. The maximum absolute atomic E-state index is 4.82. The first-order valence-corrected chi connectivity index (χ1v) is 9.34. The summed E-state index contributed by atoms with van der Waals surface area (Å²) in [6, 6.07) is 10.9. The standard InChI is InChI=1S/C21H35O/c1-22-20-16-11-9-7-5-3-2-4-6-8-10-13-17-21-18-14-12-15-19-21/h12,14-15,18-19H,1-11,13,16-17,20H2. The lowest BCUT2D eigenvalue weighted by molar-refractivity contribution is 0.233. The van der Waals surface area contributed by atoms with Gasteiger partial charge < -0.3 is 4.74 Å². The van der Waals surface area contributed by atoms with Gasteiger partial charge in [0.1, 0.15) is 0 Å². The maximum atomic E-state index is 4.82. The lowest BCUT2D eigenvalue weighted by Crippen LogP contribution is -1.87. The zero-order valence-corrected chi connectivity index (χ0v) is 14.4. The normalized spacial score (nSPS) is 11.0. The number of benzene rings is 1. The molecule has 1 aromatic rings. The van der Waals surface area contributed by atoms with Gasteiger partial charge in [0.2, 0.25) is 0 Å². The molecule has 0 fully saturated rings. The number of hydrogen-bond donors (Lipinski definition) is 0. The Morgan fingerprint density at radius 1 is 0.591 bits per heavy atom. The van der Waals surface area contributed by atoms with Crippen molar-refractivity contribution < 1.29 is 4.74 Å². The minimum absolute atomic E-state index is 0.824. The van der Waals surface area contributed by atoms with Crippen LogP contribution in [-0.4, -0.2) is 6.61 Å². The average molecular weight is 304 g/mol. The molecule has 0 bridgehead atoms. The molecule has 0 spiro atoms. The number of aryl methyl sites for hydroxylation is 1. The molecule has 0 atom stereocenters. The Balaban J connectivity index is 1.73. The highest BCUT2D eigenvalue weighted by atomic mass is 16.5. The number of unbranched alkanes of at least 4 members (excludes halogenated alkanes) is 11. The van der Waals surface area contributed by atoms with Crippen LogP contribution in [-0.2, 0) is 11.2 Å². The molecule has 22 heavy (non-hydrogen) atoms. The third-order valence-electron chi connectivity index (χ3n) is 4.35. The SMILES string of the molecule is [CH2]OCCCCCCCCCCCCCCc1ccccc1. The Bertz CT molecular complexity index is 320. The van der Waals surface area contributed by atoms with Crippen molar-refractivity contribution >= 4 is 0 Å². The topological polar surface area (TPSA) is 9.23 Å². The van der Waals surface area contributed by atoms with E-state index in [4.69, 9.17) is 4.74 Å². The highest BCUT2D eigenvalue weighted by Gasteiger charge is 1.95. The van der Waals surface area contributed by atoms with Crippen LogP contribution in [0.3, 0.4) is 0 Å². The molecular formula is C21H35O. The lowest BCUT2D eigenvalue weighted by atomic mass is 10.0. The molecule has 0 aliphatic carbocycles. The first kappa shape index (κ1) is 19.2. The van der Waals surface area contributed by atoms with Crippen molar-refractivity contribution in [2.45, 2.75) is 83.5 Å². The van der Waals surface area contributed by atoms with Gasteiger partial charge in [0.15, 0.2) is 0 Å². The van der Waals surface area contributed by atoms with Crippen LogP contribution in [0.2, 0.25) is 0 Å². The Morgan fingerprint density at radius 3 is 1.55 bits per heavy atom. The van der Waals surface area contributed by atoms with E-state index in [1.54, 1.807) is 0 Å². The fraction of sp³-hybridized carbons (Fsp3) is 0.667. The molecule has 0 saturated heterocycles. The molecule has 0 aliphatic heterocycles. The van der Waals surface area contributed by atoms with Crippen molar-refractivity contribution in [2.75, 3.05) is 6.61 Å². The number of rotatable bonds is 15. The predicted octanol–water partition coefficient (Wildman–Crippen LogP) is 6.72. The first-order valence-electron chi connectivity index (χ1n) is 9.34. The van der Waals surface area contributed by atoms with Crippen molar-refractivity contribution in [3.8, 4) is 0 Å². The number of hydrogen-bond acceptors (Lipinski definition) is 1. The molecule has 0 amide bonds. The summed E-state index contributed by atoms with van der Waals surface area (Å²) in [6.45, 7) is 0.824. The Hall–Kier alpha value is -0.820. The molecule has 1 nitrogen and oxygen atoms in total. The summed E-state index contributed by atoms with van der Waals surface area (Å²) in [6.07, 6.45) is 17.8. The van der Waals surface area contributed by atoms with Crippen LogP contribution in [0, 0.1) is 7.11 Å². The molecule has 0 aromatic heterocycles. The van der Waals surface area contributed by atoms with Crippen LogP contribution in [0.4, 0.5) is 0 Å². The summed E-state index contributed by atoms with van der Waals surface area (Å²) >= 11 is 0. The third kappa shape index (κ3) is 11.8. The maximum Gasteiger partial charge on any atom is 0.0700 e. The fourth-order valence-corrected chi connectivity index (χ4v) is 2.95. The van der Waals surface area contributed by atoms with Crippen molar-refractivity contribution in [3.63, 3.8) is 0 Å². The monoisotopic (exact) mass is 303 g/mol. The fourth-order valence-electron chi connectivity index (χ4n) is 2.95. The van der Waals surface area contributed by atoms with Crippen molar-refractivity contribution in [1.29, 1.82) is 0 Å². The quantitative estimate of drug-likeness (QED) is 0.327. The van der Waals surface area contributed by atoms with Crippen LogP contribution in [0.5, 0.6) is 0 Å². The minimum atomic E-state index is 0.824. The zero-order valence-electron chi connectivity index (χ0n) is 14.4. The molecule has 1 rings (SSSR count). The average Bonchev–Trinajstić information content (AvgIpc) is 2.56. The second kappa shape index (κ2) is 15.1. The molecule has 125 valence electrons. The summed E-state index contributed by atoms with van der Waals surface area (Å²) in [5, 5.41) is 0. The molecule has 0 aliphatic rings. The third-order valence-corrected chi connectivity index (χ3v) is 4.35. The van der Waals surface area contributed by atoms with E-state index in [2.05, 4.69) is 37.4 Å². The van der Waals surface area contributed by atoms with Crippen LogP contribution in [0.25, 0.3) is 0 Å². The minimum Gasteiger partial charge on any atom is -0.379 e. The molecule has 0 unspecified atom stereocenters. The Morgan fingerprint density at radius 2 is 1.05 bits per heavy atom. The molecule has 0 N–H and O–H groups in total. The van der Waals surface area contributed by atoms with E-state index in [0.717, 1.165) is 6.61 Å². The molecule has 1 aromatic carbocycles. The van der Waals surface area contributed by atoms with Gasteiger partial charge in [-0.3, -0.25) is 0 Å². The highest BCUT2D eigenvalue weighted by molar-refractivity contribution is 5.14. The smallest absolute Gasteiger partial charge is 0.0700 e. The second-order valence-corrected chi connectivity index (χ2v) is 6.39. The van der Waals surface area contributed by atoms with Crippen molar-refractivity contribution in [2.24, 2.45) is 0 Å². The van der Waals surface area contributed by atoms with Crippen molar-refractivity contribution in [1.82, 2.24) is 0 Å². The van der Waals surface area contributed by atoms with Gasteiger partial charge in [-0.15, -0.1) is 0 Å². The van der Waals surface area contributed by atoms with E-state index in [1.165, 1.54) is 89.0 Å². The van der Waals surface area contributed by atoms with E-state index in [9.17, 15) is 0 Å². The van der Waals surface area contributed by atoms with Gasteiger partial charge in [0.05, 0.1) is 7.11 Å². The summed E-state index contributed by atoms with van der Waals surface area (Å²) in [5.41, 5.74) is 1.49. The van der Waals surface area contributed by atoms with Gasteiger partial charge in [0.25, 0.3) is 0 Å². The van der Waals surface area contributed by atoms with Gasteiger partial charge in [-0.2, -0.15) is 0 Å². The lowest BCUT2D eigenvalue weighted by Gasteiger charge is -2.03. The van der Waals surface area contributed by atoms with Gasteiger partial charge in [-0.05, 0) is 24.8 Å². The molecule has 0 saturated carbocycles. The number of ether oxygens (including phenoxy) is 1. The van der Waals surface area contributed by atoms with E-state index in [0.29, 0.717) is 0 Å². The first-order chi connectivity index (χ1) is 10.9. The van der Waals surface area contributed by atoms with Gasteiger partial charge in [-0.1, -0.05) is 94.5 Å². The molecule has 0 heterocycles. The summed E-state index contributed by atoms with van der Waals surface area (Å²) in [7, 11) is 3.40. The second-order valence-electron chi connectivity index (χ2n) is 6.39. The molecule has 1 radical (unpaired) electrons. The van der Waals surface area contributed by atoms with Crippen LogP contribution >= 0.6 is 0 Å². The predicted molar refractivity (Wildman–Crippen MR) is 96.9 cm³/mol. The van der Waals surface area contributed by atoms with E-state index >= 15 is 0 Å². The molecular weight excluding hydrogens is 268 g/mol. The van der Waals surface area contributed by atoms with Crippen LogP contribution < -0.4 is 0 Å². The molecule has 1 heteroatoms. The summed E-state index contributed by atoms with van der Waals surface area (Å²) in [5.74, 6) is 0. The van der Waals surface area contributed by atoms with Crippen LogP contribution in [0.1, 0.15) is 82.6 Å². The van der Waals surface area contributed by atoms with E-state index in [-0.39, 0.29) is 0 Å². The van der Waals surface area contributed by atoms with Crippen LogP contribution in [0.15, 0.2) is 30.3 Å². The van der Waals surface area contributed by atoms with Crippen molar-refractivity contribution in [3.05, 3.63) is 43.0 Å². The van der Waals surface area contributed by atoms with Gasteiger partial charge >= 0.3 is 0 Å². The summed E-state index contributed by atoms with van der Waals surface area (Å²) < 4.78 is 4.82.